The molecule has 0 saturated heterocycles. The maximum atomic E-state index is 6.88. The van der Waals surface area contributed by atoms with Gasteiger partial charge in [-0.15, -0.1) is 0 Å². The van der Waals surface area contributed by atoms with Crippen molar-refractivity contribution in [2.24, 2.45) is 5.73 Å². The molecule has 1 heterocycles. The number of halogens is 1. The Morgan fingerprint density at radius 3 is 2.37 bits per heavy atom. The highest BCUT2D eigenvalue weighted by molar-refractivity contribution is 8.00. The summed E-state index contributed by atoms with van der Waals surface area (Å²) in [5.74, 6) is 0. The molecule has 0 aromatic heterocycles. The number of nitrogens with zero attached hydrogens (tertiary/aromatic N) is 1. The summed E-state index contributed by atoms with van der Waals surface area (Å²) in [6, 6.07) is 32.3. The van der Waals surface area contributed by atoms with E-state index in [1.54, 1.807) is 11.8 Å². The highest BCUT2D eigenvalue weighted by atomic mass is 79.9. The van der Waals surface area contributed by atoms with Crippen LogP contribution < -0.4 is 27.2 Å². The Balaban J connectivity index is 0.00000218. The summed E-state index contributed by atoms with van der Waals surface area (Å²) in [6.07, 6.45) is 1.95. The van der Waals surface area contributed by atoms with E-state index in [1.807, 2.05) is 6.08 Å². The predicted octanol–water partition coefficient (Wildman–Crippen LogP) is 3.67. The lowest BCUT2D eigenvalue weighted by Gasteiger charge is -2.38. The zero-order valence-electron chi connectivity index (χ0n) is 16.5. The van der Waals surface area contributed by atoms with Crippen LogP contribution in [-0.4, -0.2) is 5.50 Å². The summed E-state index contributed by atoms with van der Waals surface area (Å²) >= 11 is 1.75. The van der Waals surface area contributed by atoms with E-state index in [4.69, 9.17) is 5.73 Å². The van der Waals surface area contributed by atoms with E-state index in [2.05, 4.69) is 97.6 Å². The summed E-state index contributed by atoms with van der Waals surface area (Å²) < 4.78 is 0.585. The summed E-state index contributed by atoms with van der Waals surface area (Å²) in [6.45, 7) is 4.87. The minimum atomic E-state index is -0.125. The Morgan fingerprint density at radius 1 is 0.867 bits per heavy atom. The first-order chi connectivity index (χ1) is 14.2. The molecule has 0 spiro atoms. The maximum absolute atomic E-state index is 6.88. The van der Waals surface area contributed by atoms with Gasteiger partial charge in [-0.25, -0.2) is 4.48 Å². The Bertz CT molecular complexity index is 1210. The molecule has 4 aromatic carbocycles. The standard InChI is InChI=1S/C26H23N2S.BrH/c1-2-20-11-8-14-24-25(20)28(26(27)29-24,23-12-4-3-5-13-23)18-19-15-16-21-9-6-7-10-22(21)17-19;/h2-17,26H,1,18,27H2;1H/q+1;/p-1. The molecule has 2 atom stereocenters. The summed E-state index contributed by atoms with van der Waals surface area (Å²) in [7, 11) is 0. The van der Waals surface area contributed by atoms with Gasteiger partial charge in [0.2, 0.25) is 5.50 Å². The molecule has 150 valence electrons. The van der Waals surface area contributed by atoms with Gasteiger partial charge >= 0.3 is 0 Å². The van der Waals surface area contributed by atoms with E-state index in [1.165, 1.54) is 32.6 Å². The van der Waals surface area contributed by atoms with Gasteiger partial charge in [0.1, 0.15) is 12.2 Å². The number of quaternary nitrogens is 1. The van der Waals surface area contributed by atoms with Crippen molar-refractivity contribution in [3.05, 3.63) is 109 Å². The molecule has 2 unspecified atom stereocenters. The van der Waals surface area contributed by atoms with Crippen LogP contribution in [0.4, 0.5) is 11.4 Å². The van der Waals surface area contributed by atoms with Crippen molar-refractivity contribution in [3.63, 3.8) is 0 Å². The Hall–Kier alpha value is -2.37. The molecular formula is C26H23BrN2S. The lowest BCUT2D eigenvalue weighted by atomic mass is 10.0. The van der Waals surface area contributed by atoms with Crippen molar-refractivity contribution in [3.8, 4) is 0 Å². The molecule has 30 heavy (non-hydrogen) atoms. The van der Waals surface area contributed by atoms with Gasteiger partial charge in [-0.1, -0.05) is 73.3 Å². The van der Waals surface area contributed by atoms with Crippen LogP contribution in [-0.2, 0) is 6.54 Å². The van der Waals surface area contributed by atoms with E-state index in [0.29, 0.717) is 4.48 Å². The van der Waals surface area contributed by atoms with Crippen LogP contribution in [0.25, 0.3) is 16.8 Å². The zero-order chi connectivity index (χ0) is 19.8. The zero-order valence-corrected chi connectivity index (χ0v) is 18.9. The number of para-hydroxylation sites is 2. The molecule has 0 amide bonds. The Morgan fingerprint density at radius 2 is 1.60 bits per heavy atom. The molecule has 2 nitrogen and oxygen atoms in total. The first-order valence-corrected chi connectivity index (χ1v) is 10.7. The number of hydrogen-bond acceptors (Lipinski definition) is 2. The molecule has 0 radical (unpaired) electrons. The van der Waals surface area contributed by atoms with Crippen LogP contribution in [0.5, 0.6) is 0 Å². The molecular weight excluding hydrogens is 452 g/mol. The summed E-state index contributed by atoms with van der Waals surface area (Å²) in [5, 5.41) is 2.52. The third-order valence-electron chi connectivity index (χ3n) is 5.79. The average Bonchev–Trinajstić information content (AvgIpc) is 3.06. The van der Waals surface area contributed by atoms with Crippen molar-refractivity contribution in [2.45, 2.75) is 16.9 Å². The topological polar surface area (TPSA) is 26.0 Å². The monoisotopic (exact) mass is 474 g/mol. The molecule has 0 bridgehead atoms. The van der Waals surface area contributed by atoms with Crippen LogP contribution in [0.15, 0.2) is 102 Å². The van der Waals surface area contributed by atoms with Crippen LogP contribution in [0.2, 0.25) is 0 Å². The van der Waals surface area contributed by atoms with Gasteiger partial charge in [-0.2, -0.15) is 0 Å². The van der Waals surface area contributed by atoms with Gasteiger partial charge in [0.15, 0.2) is 5.69 Å². The fraction of sp³-hybridized carbons (Fsp3) is 0.0769. The molecule has 0 aliphatic carbocycles. The fourth-order valence-electron chi connectivity index (χ4n) is 4.43. The molecule has 4 heteroatoms. The molecule has 4 aromatic rings. The molecule has 0 fully saturated rings. The minimum absolute atomic E-state index is 0. The number of hydrogen-bond donors (Lipinski definition) is 1. The average molecular weight is 475 g/mol. The third kappa shape index (κ3) is 3.30. The Labute approximate surface area is 192 Å². The number of nitrogens with two attached hydrogens (primary N) is 1. The van der Waals surface area contributed by atoms with Crippen molar-refractivity contribution in [1.29, 1.82) is 0 Å². The smallest absolute Gasteiger partial charge is 0.203 e. The maximum Gasteiger partial charge on any atom is 0.203 e. The van der Waals surface area contributed by atoms with Crippen LogP contribution in [0.3, 0.4) is 0 Å². The molecule has 1 aliphatic rings. The van der Waals surface area contributed by atoms with Crippen molar-refractivity contribution in [2.75, 3.05) is 0 Å². The van der Waals surface area contributed by atoms with E-state index < -0.39 is 0 Å². The van der Waals surface area contributed by atoms with Crippen molar-refractivity contribution >= 4 is 40.0 Å². The van der Waals surface area contributed by atoms with Gasteiger partial charge in [-0.05, 0) is 52.9 Å². The minimum Gasteiger partial charge on any atom is -1.00 e. The van der Waals surface area contributed by atoms with Gasteiger partial charge in [0, 0.05) is 11.1 Å². The lowest BCUT2D eigenvalue weighted by Crippen LogP contribution is -3.00. The second-order valence-electron chi connectivity index (χ2n) is 7.45. The SMILES string of the molecule is C=Cc1cccc2c1[N+](Cc1ccc3ccccc3c1)(c1ccccc1)C(N)S2.[Br-]. The van der Waals surface area contributed by atoms with Gasteiger partial charge in [-0.3, -0.25) is 5.73 Å². The molecule has 5 rings (SSSR count). The van der Waals surface area contributed by atoms with Gasteiger partial charge in [0.25, 0.3) is 0 Å². The lowest BCUT2D eigenvalue weighted by molar-refractivity contribution is -0.00000558. The number of thioether (sulfide) groups is 1. The van der Waals surface area contributed by atoms with Crippen molar-refractivity contribution < 1.29 is 17.0 Å². The third-order valence-corrected chi connectivity index (χ3v) is 6.98. The number of benzene rings is 4. The Kier molecular flexibility index (Phi) is 5.85. The van der Waals surface area contributed by atoms with Gasteiger partial charge < -0.3 is 17.0 Å². The number of rotatable bonds is 4. The van der Waals surface area contributed by atoms with Crippen LogP contribution in [0, 0.1) is 0 Å². The first-order valence-electron chi connectivity index (χ1n) is 9.82. The van der Waals surface area contributed by atoms with E-state index in [-0.39, 0.29) is 22.5 Å². The fourth-order valence-corrected chi connectivity index (χ4v) is 5.72. The van der Waals surface area contributed by atoms with E-state index in [0.717, 1.165) is 12.1 Å². The van der Waals surface area contributed by atoms with E-state index >= 15 is 0 Å². The molecule has 0 saturated carbocycles. The van der Waals surface area contributed by atoms with E-state index in [9.17, 15) is 0 Å². The highest BCUT2D eigenvalue weighted by Gasteiger charge is 2.49. The predicted molar refractivity (Wildman–Crippen MR) is 126 cm³/mol. The highest BCUT2D eigenvalue weighted by Crippen LogP contribution is 2.54. The molecule has 2 N–H and O–H groups in total. The largest absolute Gasteiger partial charge is 1.00 e. The second kappa shape index (κ2) is 8.40. The van der Waals surface area contributed by atoms with Crippen molar-refractivity contribution in [1.82, 2.24) is 4.48 Å². The summed E-state index contributed by atoms with van der Waals surface area (Å²) in [4.78, 5) is 1.24. The first kappa shape index (κ1) is 20.9. The summed E-state index contributed by atoms with van der Waals surface area (Å²) in [5.41, 5.74) is 11.6. The molecule has 1 aliphatic heterocycles. The van der Waals surface area contributed by atoms with Gasteiger partial charge in [0.05, 0.1) is 4.90 Å². The normalized spacial score (nSPS) is 19.8. The van der Waals surface area contributed by atoms with Crippen LogP contribution >= 0.6 is 11.8 Å². The van der Waals surface area contributed by atoms with Crippen LogP contribution in [0.1, 0.15) is 11.1 Å². The second-order valence-corrected chi connectivity index (χ2v) is 8.61. The number of fused-ring (bicyclic) bond motifs is 2. The quantitative estimate of drug-likeness (QED) is 0.456.